The van der Waals surface area contributed by atoms with E-state index in [2.05, 4.69) is 17.1 Å². The van der Waals surface area contributed by atoms with E-state index in [9.17, 15) is 4.39 Å². The summed E-state index contributed by atoms with van der Waals surface area (Å²) in [5.41, 5.74) is 0.937. The largest absolute Gasteiger partial charge is 0.491 e. The van der Waals surface area contributed by atoms with Gasteiger partial charge in [-0.05, 0) is 38.9 Å². The topological polar surface area (TPSA) is 24.5 Å². The predicted molar refractivity (Wildman–Crippen MR) is 71.9 cm³/mol. The standard InChI is InChI=1S/C14H21FN2O/c1-3-18-14-6-5-12(9-13(14)15)17-8-4-7-16-11(2)10-17/h5-6,9,11,16H,3-4,7-8,10H2,1-2H3. The Kier molecular flexibility index (Phi) is 4.42. The highest BCUT2D eigenvalue weighted by Gasteiger charge is 2.15. The number of nitrogens with one attached hydrogen (secondary N) is 1. The van der Waals surface area contributed by atoms with E-state index in [1.54, 1.807) is 12.1 Å². The van der Waals surface area contributed by atoms with Gasteiger partial charge in [0.1, 0.15) is 0 Å². The first kappa shape index (κ1) is 13.1. The number of ether oxygens (including phenoxy) is 1. The number of hydrogen-bond donors (Lipinski definition) is 1. The molecule has 1 atom stereocenters. The Morgan fingerprint density at radius 2 is 2.33 bits per heavy atom. The lowest BCUT2D eigenvalue weighted by Gasteiger charge is -2.25. The van der Waals surface area contributed by atoms with Crippen LogP contribution in [0.1, 0.15) is 20.3 Å². The van der Waals surface area contributed by atoms with E-state index < -0.39 is 0 Å². The molecule has 0 aliphatic carbocycles. The minimum Gasteiger partial charge on any atom is -0.491 e. The lowest BCUT2D eigenvalue weighted by Crippen LogP contribution is -2.35. The first-order valence-corrected chi connectivity index (χ1v) is 6.61. The van der Waals surface area contributed by atoms with Crippen molar-refractivity contribution in [1.29, 1.82) is 0 Å². The molecule has 0 aromatic heterocycles. The van der Waals surface area contributed by atoms with Gasteiger partial charge in [-0.25, -0.2) is 4.39 Å². The molecule has 3 nitrogen and oxygen atoms in total. The van der Waals surface area contributed by atoms with Crippen molar-refractivity contribution < 1.29 is 9.13 Å². The molecule has 1 aromatic carbocycles. The molecule has 1 aliphatic rings. The molecule has 0 bridgehead atoms. The third kappa shape index (κ3) is 3.13. The monoisotopic (exact) mass is 252 g/mol. The Morgan fingerprint density at radius 3 is 3.06 bits per heavy atom. The molecule has 1 N–H and O–H groups in total. The quantitative estimate of drug-likeness (QED) is 0.894. The van der Waals surface area contributed by atoms with Crippen LogP contribution in [0.4, 0.5) is 10.1 Å². The molecule has 0 spiro atoms. The van der Waals surface area contributed by atoms with Crippen LogP contribution in [-0.2, 0) is 0 Å². The maximum absolute atomic E-state index is 13.8. The third-order valence-corrected chi connectivity index (χ3v) is 3.17. The molecule has 0 radical (unpaired) electrons. The second kappa shape index (κ2) is 6.05. The minimum absolute atomic E-state index is 0.279. The third-order valence-electron chi connectivity index (χ3n) is 3.17. The van der Waals surface area contributed by atoms with Gasteiger partial charge in [0.25, 0.3) is 0 Å². The Labute approximate surface area is 108 Å². The van der Waals surface area contributed by atoms with Crippen molar-refractivity contribution in [2.45, 2.75) is 26.3 Å². The second-order valence-corrected chi connectivity index (χ2v) is 4.70. The average molecular weight is 252 g/mol. The highest BCUT2D eigenvalue weighted by molar-refractivity contribution is 5.50. The highest BCUT2D eigenvalue weighted by atomic mass is 19.1. The summed E-state index contributed by atoms with van der Waals surface area (Å²) in [5, 5.41) is 3.43. The zero-order valence-corrected chi connectivity index (χ0v) is 11.1. The summed E-state index contributed by atoms with van der Waals surface area (Å²) in [7, 11) is 0. The van der Waals surface area contributed by atoms with Gasteiger partial charge in [0.05, 0.1) is 6.61 Å². The van der Waals surface area contributed by atoms with E-state index in [4.69, 9.17) is 4.74 Å². The summed E-state index contributed by atoms with van der Waals surface area (Å²) in [5.74, 6) is 0.0569. The van der Waals surface area contributed by atoms with Crippen LogP contribution < -0.4 is 15.0 Å². The van der Waals surface area contributed by atoms with E-state index >= 15 is 0 Å². The zero-order chi connectivity index (χ0) is 13.0. The Morgan fingerprint density at radius 1 is 1.50 bits per heavy atom. The van der Waals surface area contributed by atoms with E-state index in [0.717, 1.165) is 31.7 Å². The maximum Gasteiger partial charge on any atom is 0.167 e. The van der Waals surface area contributed by atoms with Crippen molar-refractivity contribution >= 4 is 5.69 Å². The van der Waals surface area contributed by atoms with Gasteiger partial charge >= 0.3 is 0 Å². The summed E-state index contributed by atoms with van der Waals surface area (Å²) in [6.45, 7) is 7.40. The second-order valence-electron chi connectivity index (χ2n) is 4.70. The summed E-state index contributed by atoms with van der Waals surface area (Å²) < 4.78 is 19.0. The maximum atomic E-state index is 13.8. The summed E-state index contributed by atoms with van der Waals surface area (Å²) in [6, 6.07) is 5.66. The average Bonchev–Trinajstić information content (AvgIpc) is 2.57. The molecular weight excluding hydrogens is 231 g/mol. The normalized spacial score (nSPS) is 20.6. The zero-order valence-electron chi connectivity index (χ0n) is 11.1. The number of benzene rings is 1. The smallest absolute Gasteiger partial charge is 0.167 e. The summed E-state index contributed by atoms with van der Waals surface area (Å²) in [4.78, 5) is 2.23. The first-order chi connectivity index (χ1) is 8.70. The molecule has 1 fully saturated rings. The van der Waals surface area contributed by atoms with Crippen LogP contribution in [0, 0.1) is 5.82 Å². The molecule has 0 saturated carbocycles. The first-order valence-electron chi connectivity index (χ1n) is 6.61. The fourth-order valence-electron chi connectivity index (χ4n) is 2.30. The van der Waals surface area contributed by atoms with E-state index in [-0.39, 0.29) is 5.82 Å². The van der Waals surface area contributed by atoms with Crippen molar-refractivity contribution in [2.24, 2.45) is 0 Å². The molecule has 100 valence electrons. The van der Waals surface area contributed by atoms with Crippen molar-refractivity contribution in [2.75, 3.05) is 31.1 Å². The molecule has 2 rings (SSSR count). The number of nitrogens with zero attached hydrogens (tertiary/aromatic N) is 1. The van der Waals surface area contributed by atoms with Gasteiger partial charge < -0.3 is 15.0 Å². The number of hydrogen-bond acceptors (Lipinski definition) is 3. The minimum atomic E-state index is -0.279. The van der Waals surface area contributed by atoms with Gasteiger partial charge in [-0.1, -0.05) is 0 Å². The molecule has 4 heteroatoms. The van der Waals surface area contributed by atoms with Gasteiger partial charge in [-0.15, -0.1) is 0 Å². The Bertz CT molecular complexity index is 397. The molecule has 1 unspecified atom stereocenters. The molecule has 1 aromatic rings. The van der Waals surface area contributed by atoms with Gasteiger partial charge in [-0.2, -0.15) is 0 Å². The SMILES string of the molecule is CCOc1ccc(N2CCCNC(C)C2)cc1F. The number of anilines is 1. The van der Waals surface area contributed by atoms with Crippen LogP contribution in [0.25, 0.3) is 0 Å². The van der Waals surface area contributed by atoms with Gasteiger partial charge in [-0.3, -0.25) is 0 Å². The highest BCUT2D eigenvalue weighted by Crippen LogP contribution is 2.24. The van der Waals surface area contributed by atoms with Crippen LogP contribution in [0.15, 0.2) is 18.2 Å². The van der Waals surface area contributed by atoms with Gasteiger partial charge in [0, 0.05) is 30.9 Å². The van der Waals surface area contributed by atoms with E-state index in [1.165, 1.54) is 0 Å². The molecule has 1 aliphatic heterocycles. The summed E-state index contributed by atoms with van der Waals surface area (Å²) in [6.07, 6.45) is 1.08. The Balaban J connectivity index is 2.14. The van der Waals surface area contributed by atoms with Crippen molar-refractivity contribution in [3.05, 3.63) is 24.0 Å². The summed E-state index contributed by atoms with van der Waals surface area (Å²) >= 11 is 0. The Hall–Kier alpha value is -1.29. The van der Waals surface area contributed by atoms with Gasteiger partial charge in [0.15, 0.2) is 11.6 Å². The molecule has 1 heterocycles. The lowest BCUT2D eigenvalue weighted by atomic mass is 10.2. The lowest BCUT2D eigenvalue weighted by molar-refractivity contribution is 0.321. The molecule has 0 amide bonds. The molecule has 1 saturated heterocycles. The molecular formula is C14H21FN2O. The van der Waals surface area contributed by atoms with Crippen molar-refractivity contribution in [1.82, 2.24) is 5.32 Å². The number of halogens is 1. The predicted octanol–water partition coefficient (Wildman–Crippen LogP) is 2.41. The van der Waals surface area contributed by atoms with Crippen LogP contribution in [-0.4, -0.2) is 32.3 Å². The van der Waals surface area contributed by atoms with Crippen LogP contribution in [0.2, 0.25) is 0 Å². The van der Waals surface area contributed by atoms with Crippen molar-refractivity contribution in [3.63, 3.8) is 0 Å². The fraction of sp³-hybridized carbons (Fsp3) is 0.571. The van der Waals surface area contributed by atoms with Crippen molar-refractivity contribution in [3.8, 4) is 5.75 Å². The number of rotatable bonds is 3. The van der Waals surface area contributed by atoms with Crippen LogP contribution in [0.5, 0.6) is 5.75 Å². The fourth-order valence-corrected chi connectivity index (χ4v) is 2.30. The van der Waals surface area contributed by atoms with Crippen LogP contribution >= 0.6 is 0 Å². The van der Waals surface area contributed by atoms with E-state index in [0.29, 0.717) is 18.4 Å². The van der Waals surface area contributed by atoms with Gasteiger partial charge in [0.2, 0.25) is 0 Å². The van der Waals surface area contributed by atoms with E-state index in [1.807, 2.05) is 13.0 Å². The van der Waals surface area contributed by atoms with Crippen LogP contribution in [0.3, 0.4) is 0 Å². The molecule has 18 heavy (non-hydrogen) atoms.